The number of amides is 1. The van der Waals surface area contributed by atoms with Gasteiger partial charge in [0.15, 0.2) is 0 Å². The minimum absolute atomic E-state index is 0. The summed E-state index contributed by atoms with van der Waals surface area (Å²) in [6.07, 6.45) is 1.67. The van der Waals surface area contributed by atoms with Gasteiger partial charge in [0.2, 0.25) is 5.91 Å². The maximum Gasteiger partial charge on any atom is 0.274 e. The minimum Gasteiger partial charge on any atom is -0.341 e. The number of rotatable bonds is 4. The molecule has 1 aromatic carbocycles. The molecule has 1 heterocycles. The van der Waals surface area contributed by atoms with Gasteiger partial charge in [0.1, 0.15) is 0 Å². The molecule has 0 spiro atoms. The number of carbonyl (C=O) groups excluding carboxylic acids is 1. The first-order chi connectivity index (χ1) is 9.59. The van der Waals surface area contributed by atoms with Gasteiger partial charge >= 0.3 is 0 Å². The highest BCUT2D eigenvalue weighted by molar-refractivity contribution is 5.85. The summed E-state index contributed by atoms with van der Waals surface area (Å²) < 4.78 is 0. The molecule has 1 aliphatic rings. The van der Waals surface area contributed by atoms with Gasteiger partial charge in [0.05, 0.1) is 11.5 Å². The summed E-state index contributed by atoms with van der Waals surface area (Å²) in [5.74, 6) is 0.105. The van der Waals surface area contributed by atoms with Gasteiger partial charge < -0.3 is 10.2 Å². The molecule has 7 heteroatoms. The molecule has 0 atom stereocenters. The zero-order valence-corrected chi connectivity index (χ0v) is 12.8. The highest BCUT2D eigenvalue weighted by Gasteiger charge is 2.25. The second kappa shape index (κ2) is 7.95. The van der Waals surface area contributed by atoms with E-state index in [9.17, 15) is 14.9 Å². The molecule has 21 heavy (non-hydrogen) atoms. The third-order valence-electron chi connectivity index (χ3n) is 3.66. The monoisotopic (exact) mass is 313 g/mol. The van der Waals surface area contributed by atoms with Crippen molar-refractivity contribution in [3.8, 4) is 0 Å². The van der Waals surface area contributed by atoms with Crippen molar-refractivity contribution in [1.82, 2.24) is 10.2 Å². The summed E-state index contributed by atoms with van der Waals surface area (Å²) in [6.45, 7) is 1.99. The standard InChI is InChI=1S/C14H19N3O3.ClH/c1-16(14(18)11-6-8-15-9-7-11)10-12-4-2-3-5-13(12)17(19)20;/h2-5,11,15H,6-10H2,1H3;1H. The van der Waals surface area contributed by atoms with Crippen LogP contribution in [0, 0.1) is 16.0 Å². The Hall–Kier alpha value is -1.66. The normalized spacial score (nSPS) is 15.1. The topological polar surface area (TPSA) is 75.5 Å². The fourth-order valence-electron chi connectivity index (χ4n) is 2.54. The van der Waals surface area contributed by atoms with Gasteiger partial charge in [-0.25, -0.2) is 0 Å². The van der Waals surface area contributed by atoms with E-state index in [1.165, 1.54) is 6.07 Å². The van der Waals surface area contributed by atoms with Crippen LogP contribution in [0.2, 0.25) is 0 Å². The Kier molecular flexibility index (Phi) is 6.58. The zero-order chi connectivity index (χ0) is 14.5. The Morgan fingerprint density at radius 1 is 1.38 bits per heavy atom. The molecule has 0 bridgehead atoms. The van der Waals surface area contributed by atoms with E-state index in [1.54, 1.807) is 30.1 Å². The molecule has 1 N–H and O–H groups in total. The number of nitro benzene ring substituents is 1. The first-order valence-electron chi connectivity index (χ1n) is 6.77. The van der Waals surface area contributed by atoms with Crippen LogP contribution in [0.1, 0.15) is 18.4 Å². The van der Waals surface area contributed by atoms with E-state index in [0.29, 0.717) is 5.56 Å². The number of hydrogen-bond acceptors (Lipinski definition) is 4. The van der Waals surface area contributed by atoms with Crippen molar-refractivity contribution in [1.29, 1.82) is 0 Å². The lowest BCUT2D eigenvalue weighted by atomic mass is 9.96. The molecule has 0 aromatic heterocycles. The molecule has 1 aliphatic heterocycles. The van der Waals surface area contributed by atoms with Crippen molar-refractivity contribution in [2.24, 2.45) is 5.92 Å². The highest BCUT2D eigenvalue weighted by Crippen LogP contribution is 2.21. The fraction of sp³-hybridized carbons (Fsp3) is 0.500. The average molecular weight is 314 g/mol. The number of halogens is 1. The Bertz CT molecular complexity index is 504. The number of benzene rings is 1. The number of nitro groups is 1. The Labute approximate surface area is 130 Å². The number of carbonyl (C=O) groups is 1. The first kappa shape index (κ1) is 17.4. The van der Waals surface area contributed by atoms with E-state index in [0.717, 1.165) is 25.9 Å². The lowest BCUT2D eigenvalue weighted by Gasteiger charge is -2.26. The summed E-state index contributed by atoms with van der Waals surface area (Å²) in [5, 5.41) is 14.2. The van der Waals surface area contributed by atoms with Crippen LogP contribution in [0.15, 0.2) is 24.3 Å². The fourth-order valence-corrected chi connectivity index (χ4v) is 2.54. The van der Waals surface area contributed by atoms with Gasteiger partial charge in [-0.15, -0.1) is 12.4 Å². The zero-order valence-electron chi connectivity index (χ0n) is 11.9. The van der Waals surface area contributed by atoms with Crippen LogP contribution in [-0.4, -0.2) is 35.9 Å². The molecule has 6 nitrogen and oxygen atoms in total. The number of hydrogen-bond donors (Lipinski definition) is 1. The lowest BCUT2D eigenvalue weighted by molar-refractivity contribution is -0.385. The SMILES string of the molecule is CN(Cc1ccccc1[N+](=O)[O-])C(=O)C1CCNCC1.Cl. The second-order valence-electron chi connectivity index (χ2n) is 5.10. The molecular formula is C14H20ClN3O3. The molecule has 0 unspecified atom stereocenters. The van der Waals surface area contributed by atoms with E-state index in [2.05, 4.69) is 5.32 Å². The Morgan fingerprint density at radius 2 is 2.00 bits per heavy atom. The van der Waals surface area contributed by atoms with E-state index >= 15 is 0 Å². The van der Waals surface area contributed by atoms with Crippen molar-refractivity contribution in [3.63, 3.8) is 0 Å². The summed E-state index contributed by atoms with van der Waals surface area (Å²) >= 11 is 0. The van der Waals surface area contributed by atoms with Gasteiger partial charge in [-0.05, 0) is 25.9 Å². The first-order valence-corrected chi connectivity index (χ1v) is 6.77. The van der Waals surface area contributed by atoms with Crippen molar-refractivity contribution in [3.05, 3.63) is 39.9 Å². The third kappa shape index (κ3) is 4.41. The summed E-state index contributed by atoms with van der Waals surface area (Å²) in [5.41, 5.74) is 0.639. The average Bonchev–Trinajstić information content (AvgIpc) is 2.47. The maximum atomic E-state index is 12.3. The van der Waals surface area contributed by atoms with Crippen LogP contribution in [0.3, 0.4) is 0 Å². The van der Waals surface area contributed by atoms with Gasteiger partial charge in [-0.2, -0.15) is 0 Å². The number of nitrogens with one attached hydrogen (secondary N) is 1. The minimum atomic E-state index is -0.405. The maximum absolute atomic E-state index is 12.3. The molecule has 1 saturated heterocycles. The third-order valence-corrected chi connectivity index (χ3v) is 3.66. The van der Waals surface area contributed by atoms with Gasteiger partial charge in [-0.1, -0.05) is 18.2 Å². The Morgan fingerprint density at radius 3 is 2.62 bits per heavy atom. The van der Waals surface area contributed by atoms with Crippen molar-refractivity contribution < 1.29 is 9.72 Å². The van der Waals surface area contributed by atoms with Crippen LogP contribution in [0.25, 0.3) is 0 Å². The van der Waals surface area contributed by atoms with Crippen molar-refractivity contribution in [2.45, 2.75) is 19.4 Å². The Balaban J connectivity index is 0.00000220. The van der Waals surface area contributed by atoms with E-state index in [-0.39, 0.29) is 36.5 Å². The van der Waals surface area contributed by atoms with Crippen molar-refractivity contribution >= 4 is 24.0 Å². The molecule has 1 aromatic rings. The molecule has 2 rings (SSSR count). The molecule has 0 saturated carbocycles. The van der Waals surface area contributed by atoms with Crippen LogP contribution >= 0.6 is 12.4 Å². The largest absolute Gasteiger partial charge is 0.341 e. The van der Waals surface area contributed by atoms with Crippen LogP contribution in [0.4, 0.5) is 5.69 Å². The number of piperidine rings is 1. The summed E-state index contributed by atoms with van der Waals surface area (Å²) in [6, 6.07) is 6.56. The smallest absolute Gasteiger partial charge is 0.274 e. The van der Waals surface area contributed by atoms with Gasteiger partial charge in [0.25, 0.3) is 5.69 Å². The molecule has 0 radical (unpaired) electrons. The predicted molar refractivity (Wildman–Crippen MR) is 82.4 cm³/mol. The lowest BCUT2D eigenvalue weighted by Crippen LogP contribution is -2.39. The van der Waals surface area contributed by atoms with Crippen LogP contribution in [-0.2, 0) is 11.3 Å². The van der Waals surface area contributed by atoms with Gasteiger partial charge in [-0.3, -0.25) is 14.9 Å². The number of para-hydroxylation sites is 1. The van der Waals surface area contributed by atoms with Crippen LogP contribution in [0.5, 0.6) is 0 Å². The quantitative estimate of drug-likeness (QED) is 0.681. The summed E-state index contributed by atoms with van der Waals surface area (Å²) in [4.78, 5) is 24.5. The second-order valence-corrected chi connectivity index (χ2v) is 5.10. The van der Waals surface area contributed by atoms with E-state index < -0.39 is 4.92 Å². The molecule has 116 valence electrons. The molecular weight excluding hydrogens is 294 g/mol. The van der Waals surface area contributed by atoms with E-state index in [1.807, 2.05) is 0 Å². The molecule has 0 aliphatic carbocycles. The predicted octanol–water partition coefficient (Wildman–Crippen LogP) is 1.97. The number of nitrogens with zero attached hydrogens (tertiary/aromatic N) is 2. The van der Waals surface area contributed by atoms with Crippen molar-refractivity contribution in [2.75, 3.05) is 20.1 Å². The molecule has 1 fully saturated rings. The highest BCUT2D eigenvalue weighted by atomic mass is 35.5. The van der Waals surface area contributed by atoms with E-state index in [4.69, 9.17) is 0 Å². The summed E-state index contributed by atoms with van der Waals surface area (Å²) in [7, 11) is 1.71. The van der Waals surface area contributed by atoms with Crippen LogP contribution < -0.4 is 5.32 Å². The van der Waals surface area contributed by atoms with Gasteiger partial charge in [0, 0.05) is 24.6 Å². The molecule has 1 amide bonds.